The van der Waals surface area contributed by atoms with Crippen LogP contribution in [0, 0.1) is 0 Å². The molecule has 2 N–H and O–H groups in total. The number of aliphatic hydroxyl groups excluding tert-OH is 1. The van der Waals surface area contributed by atoms with Crippen LogP contribution in [0.3, 0.4) is 0 Å². The van der Waals surface area contributed by atoms with Crippen LogP contribution in [0.4, 0.5) is 5.69 Å². The number of hydrogen-bond acceptors (Lipinski definition) is 7. The summed E-state index contributed by atoms with van der Waals surface area (Å²) in [5.74, 6) is -1.27. The zero-order valence-electron chi connectivity index (χ0n) is 23.5. The van der Waals surface area contributed by atoms with E-state index in [1.807, 2.05) is 60.7 Å². The third-order valence-corrected chi connectivity index (χ3v) is 7.99. The lowest BCUT2D eigenvalue weighted by atomic mass is 9.83. The highest BCUT2D eigenvalue weighted by molar-refractivity contribution is 6.40. The van der Waals surface area contributed by atoms with Gasteiger partial charge in [-0.25, -0.2) is 4.98 Å². The molecule has 0 bridgehead atoms. The van der Waals surface area contributed by atoms with Gasteiger partial charge in [0.2, 0.25) is 0 Å². The second-order valence-electron chi connectivity index (χ2n) is 10.2. The monoisotopic (exact) mass is 623 g/mol. The Bertz CT molecular complexity index is 1560. The smallest absolute Gasteiger partial charge is 0.303 e. The molecule has 43 heavy (non-hydrogen) atoms. The van der Waals surface area contributed by atoms with Crippen LogP contribution >= 0.6 is 23.2 Å². The molecule has 0 radical (unpaired) electrons. The van der Waals surface area contributed by atoms with Crippen molar-refractivity contribution >= 4 is 40.8 Å². The fraction of sp³-hybridized carbons (Fsp3) is 0.281. The minimum atomic E-state index is -0.961. The van der Waals surface area contributed by atoms with Gasteiger partial charge in [-0.05, 0) is 35.7 Å². The van der Waals surface area contributed by atoms with E-state index in [0.717, 1.165) is 16.7 Å². The Hall–Kier alpha value is -3.73. The van der Waals surface area contributed by atoms with E-state index in [2.05, 4.69) is 10.3 Å². The fourth-order valence-electron chi connectivity index (χ4n) is 5.14. The van der Waals surface area contributed by atoms with Crippen LogP contribution in [0.1, 0.15) is 54.4 Å². The number of nitrogens with zero attached hydrogens (tertiary/aromatic N) is 2. The van der Waals surface area contributed by atoms with Gasteiger partial charge in [0.1, 0.15) is 5.15 Å². The van der Waals surface area contributed by atoms with Crippen LogP contribution in [0.5, 0.6) is 0 Å². The number of ether oxygens (including phenoxy) is 3. The van der Waals surface area contributed by atoms with E-state index in [0.29, 0.717) is 22.9 Å². The molecule has 5 atom stereocenters. The van der Waals surface area contributed by atoms with Gasteiger partial charge in [-0.2, -0.15) is 0 Å². The number of rotatable bonds is 9. The molecule has 11 heteroatoms. The van der Waals surface area contributed by atoms with Crippen molar-refractivity contribution in [2.75, 3.05) is 5.32 Å². The molecule has 1 aliphatic heterocycles. The van der Waals surface area contributed by atoms with Crippen LogP contribution in [0.2, 0.25) is 10.3 Å². The number of carbonyl (C=O) groups excluding carboxylic acids is 2. The first-order valence-corrected chi connectivity index (χ1v) is 14.5. The number of anilines is 1. The number of aliphatic hydroxyl groups is 1. The van der Waals surface area contributed by atoms with E-state index >= 15 is 0 Å². The maximum absolute atomic E-state index is 12.6. The summed E-state index contributed by atoms with van der Waals surface area (Å²) < 4.78 is 20.1. The molecular formula is C32H31Cl2N3O6. The molecule has 2 heterocycles. The molecule has 0 aliphatic carbocycles. The Balaban J connectivity index is 1.52. The average Bonchev–Trinajstić information content (AvgIpc) is 3.33. The van der Waals surface area contributed by atoms with E-state index in [-0.39, 0.29) is 17.7 Å². The molecule has 5 rings (SSSR count). The molecule has 1 unspecified atom stereocenters. The largest absolute Gasteiger partial charge is 0.453 e. The zero-order valence-corrected chi connectivity index (χ0v) is 25.0. The molecule has 0 spiro atoms. The van der Waals surface area contributed by atoms with E-state index in [4.69, 9.17) is 37.4 Å². The van der Waals surface area contributed by atoms with Gasteiger partial charge in [-0.3, -0.25) is 9.59 Å². The second-order valence-corrected chi connectivity index (χ2v) is 11.0. The molecule has 1 fully saturated rings. The normalized spacial score (nSPS) is 20.8. The molecular weight excluding hydrogens is 593 g/mol. The number of nitrogens with one attached hydrogen (secondary N) is 1. The standard InChI is InChI=1S/C32H31Cl2N3O6/c1-19(41-20(2)39)31(40)36-25-10-6-9-24(15-25)32-42-26(16-37-18-35-29(33)30(37)34)27(22-7-4-3-5-8-22)28(43-32)23-13-11-21(17-38)12-14-23/h3-15,18-19,26-28,32,38H,16-17H2,1-2H3,(H,36,40)/t19-,26+,27+,28-,32?/m0/s1. The number of hydrogen-bond donors (Lipinski definition) is 2. The quantitative estimate of drug-likeness (QED) is 0.213. The third-order valence-electron chi connectivity index (χ3n) is 7.22. The fourth-order valence-corrected chi connectivity index (χ4v) is 5.45. The first kappa shape index (κ1) is 30.7. The first-order chi connectivity index (χ1) is 20.7. The molecule has 0 saturated carbocycles. The molecule has 1 aromatic heterocycles. The SMILES string of the molecule is CC(=O)O[C@@H](C)C(=O)Nc1cccc(C2O[C@H](Cn3cnc(Cl)c3Cl)[C@@H](c3ccccc3)[C@H](c3ccc(CO)cc3)O2)c1. The number of esters is 1. The molecule has 1 aliphatic rings. The van der Waals surface area contributed by atoms with E-state index in [9.17, 15) is 14.7 Å². The van der Waals surface area contributed by atoms with Gasteiger partial charge in [0.25, 0.3) is 5.91 Å². The van der Waals surface area contributed by atoms with Crippen molar-refractivity contribution in [3.63, 3.8) is 0 Å². The van der Waals surface area contributed by atoms with Gasteiger partial charge in [-0.1, -0.05) is 89.9 Å². The van der Waals surface area contributed by atoms with Crippen LogP contribution in [-0.4, -0.2) is 38.7 Å². The Morgan fingerprint density at radius 2 is 1.72 bits per heavy atom. The summed E-state index contributed by atoms with van der Waals surface area (Å²) in [4.78, 5) is 28.1. The van der Waals surface area contributed by atoms with Crippen molar-refractivity contribution in [2.45, 2.75) is 57.5 Å². The Morgan fingerprint density at radius 3 is 2.37 bits per heavy atom. The third kappa shape index (κ3) is 7.26. The zero-order chi connectivity index (χ0) is 30.5. The maximum Gasteiger partial charge on any atom is 0.303 e. The van der Waals surface area contributed by atoms with Crippen LogP contribution in [0.25, 0.3) is 0 Å². The molecule has 3 aromatic carbocycles. The van der Waals surface area contributed by atoms with Gasteiger partial charge in [-0.15, -0.1) is 0 Å². The number of imidazole rings is 1. The molecule has 1 amide bonds. The summed E-state index contributed by atoms with van der Waals surface area (Å²) >= 11 is 12.6. The van der Waals surface area contributed by atoms with Crippen molar-refractivity contribution < 1.29 is 28.9 Å². The van der Waals surface area contributed by atoms with Crippen molar-refractivity contribution in [1.29, 1.82) is 0 Å². The summed E-state index contributed by atoms with van der Waals surface area (Å²) in [6, 6.07) is 24.7. The summed E-state index contributed by atoms with van der Waals surface area (Å²) in [6.07, 6.45) is -1.12. The highest BCUT2D eigenvalue weighted by atomic mass is 35.5. The predicted octanol–water partition coefficient (Wildman–Crippen LogP) is 6.21. The van der Waals surface area contributed by atoms with Gasteiger partial charge in [0, 0.05) is 24.1 Å². The lowest BCUT2D eigenvalue weighted by Gasteiger charge is -2.43. The highest BCUT2D eigenvalue weighted by Gasteiger charge is 2.42. The van der Waals surface area contributed by atoms with Crippen molar-refractivity contribution in [1.82, 2.24) is 9.55 Å². The number of halogens is 2. The predicted molar refractivity (Wildman–Crippen MR) is 162 cm³/mol. The first-order valence-electron chi connectivity index (χ1n) is 13.7. The van der Waals surface area contributed by atoms with Crippen LogP contribution in [-0.2, 0) is 37.0 Å². The van der Waals surface area contributed by atoms with Crippen molar-refractivity contribution in [3.05, 3.63) is 118 Å². The second kappa shape index (κ2) is 13.7. The lowest BCUT2D eigenvalue weighted by Crippen LogP contribution is -2.39. The summed E-state index contributed by atoms with van der Waals surface area (Å²) in [7, 11) is 0. The minimum absolute atomic E-state index is 0.0727. The lowest BCUT2D eigenvalue weighted by molar-refractivity contribution is -0.263. The van der Waals surface area contributed by atoms with E-state index in [1.165, 1.54) is 13.8 Å². The summed E-state index contributed by atoms with van der Waals surface area (Å²) in [5, 5.41) is 12.9. The van der Waals surface area contributed by atoms with Gasteiger partial charge < -0.3 is 29.2 Å². The van der Waals surface area contributed by atoms with Crippen molar-refractivity contribution in [2.24, 2.45) is 0 Å². The minimum Gasteiger partial charge on any atom is -0.453 e. The Morgan fingerprint density at radius 1 is 1.00 bits per heavy atom. The van der Waals surface area contributed by atoms with Crippen LogP contribution < -0.4 is 5.32 Å². The van der Waals surface area contributed by atoms with E-state index in [1.54, 1.807) is 29.1 Å². The van der Waals surface area contributed by atoms with Crippen molar-refractivity contribution in [3.8, 4) is 0 Å². The van der Waals surface area contributed by atoms with E-state index < -0.39 is 36.5 Å². The molecule has 4 aromatic rings. The molecule has 1 saturated heterocycles. The highest BCUT2D eigenvalue weighted by Crippen LogP contribution is 2.47. The van der Waals surface area contributed by atoms with Crippen LogP contribution in [0.15, 0.2) is 85.2 Å². The molecule has 9 nitrogen and oxygen atoms in total. The topological polar surface area (TPSA) is 112 Å². The number of carbonyl (C=O) groups is 2. The Kier molecular flexibility index (Phi) is 9.79. The summed E-state index contributed by atoms with van der Waals surface area (Å²) in [5.41, 5.74) is 3.85. The van der Waals surface area contributed by atoms with Gasteiger partial charge in [0.15, 0.2) is 17.5 Å². The number of aromatic nitrogens is 2. The summed E-state index contributed by atoms with van der Waals surface area (Å²) in [6.45, 7) is 3.01. The number of benzene rings is 3. The molecule has 224 valence electrons. The van der Waals surface area contributed by atoms with Gasteiger partial charge >= 0.3 is 5.97 Å². The Labute approximate surface area is 259 Å². The van der Waals surface area contributed by atoms with Gasteiger partial charge in [0.05, 0.1) is 31.7 Å². The average molecular weight is 625 g/mol. The maximum atomic E-state index is 12.6. The number of amides is 1.